The summed E-state index contributed by atoms with van der Waals surface area (Å²) in [5, 5.41) is 0.667. The lowest BCUT2D eigenvalue weighted by Crippen LogP contribution is -2.29. The number of fused-ring (bicyclic) bond motifs is 1. The summed E-state index contributed by atoms with van der Waals surface area (Å²) in [5.74, 6) is 0. The Morgan fingerprint density at radius 3 is 2.95 bits per heavy atom. The fourth-order valence-corrected chi connectivity index (χ4v) is 4.23. The number of H-pyrrole nitrogens is 1. The normalized spacial score (nSPS) is 20.8. The van der Waals surface area contributed by atoms with Crippen molar-refractivity contribution in [1.82, 2.24) is 9.29 Å². The number of hydrogen-bond donors (Lipinski definition) is 2. The molecule has 1 aromatic heterocycles. The van der Waals surface area contributed by atoms with Crippen LogP contribution in [-0.2, 0) is 14.8 Å². The van der Waals surface area contributed by atoms with Crippen molar-refractivity contribution in [3.05, 3.63) is 24.4 Å². The third kappa shape index (κ3) is 2.07. The minimum absolute atomic E-state index is 0.0226. The maximum absolute atomic E-state index is 12.7. The highest BCUT2D eigenvalue weighted by molar-refractivity contribution is 7.89. The molecule has 0 radical (unpaired) electrons. The summed E-state index contributed by atoms with van der Waals surface area (Å²) in [5.41, 5.74) is 7.03. The Bertz CT molecular complexity index is 738. The molecule has 1 fully saturated rings. The molecule has 1 aliphatic rings. The zero-order chi connectivity index (χ0) is 14.3. The lowest BCUT2D eigenvalue weighted by Gasteiger charge is -2.15. The van der Waals surface area contributed by atoms with Gasteiger partial charge in [0.2, 0.25) is 10.0 Å². The molecule has 2 aromatic rings. The van der Waals surface area contributed by atoms with Gasteiger partial charge in [-0.05, 0) is 24.6 Å². The number of benzene rings is 1. The summed E-state index contributed by atoms with van der Waals surface area (Å²) in [6.07, 6.45) is 2.23. The van der Waals surface area contributed by atoms with Crippen LogP contribution in [0.4, 0.5) is 5.69 Å². The summed E-state index contributed by atoms with van der Waals surface area (Å²) < 4.78 is 32.0. The molecule has 1 unspecified atom stereocenters. The van der Waals surface area contributed by atoms with Crippen LogP contribution < -0.4 is 5.73 Å². The van der Waals surface area contributed by atoms with Gasteiger partial charge >= 0.3 is 0 Å². The van der Waals surface area contributed by atoms with Crippen molar-refractivity contribution in [2.75, 3.05) is 25.9 Å². The lowest BCUT2D eigenvalue weighted by atomic mass is 10.2. The van der Waals surface area contributed by atoms with Crippen molar-refractivity contribution >= 4 is 26.6 Å². The number of nitrogens with two attached hydrogens (primary N) is 1. The second-order valence-corrected chi connectivity index (χ2v) is 6.87. The van der Waals surface area contributed by atoms with Gasteiger partial charge in [-0.3, -0.25) is 0 Å². The summed E-state index contributed by atoms with van der Waals surface area (Å²) in [6.45, 7) is 0.892. The fourth-order valence-electron chi connectivity index (χ4n) is 2.58. The Balaban J connectivity index is 2.02. The number of aromatic amines is 1. The number of methoxy groups -OCH3 is 1. The topological polar surface area (TPSA) is 88.4 Å². The third-order valence-electron chi connectivity index (χ3n) is 3.73. The van der Waals surface area contributed by atoms with E-state index >= 15 is 0 Å². The summed E-state index contributed by atoms with van der Waals surface area (Å²) in [6, 6.07) is 5.17. The molecule has 7 heteroatoms. The van der Waals surface area contributed by atoms with Crippen molar-refractivity contribution in [2.24, 2.45) is 0 Å². The van der Waals surface area contributed by atoms with Gasteiger partial charge in [-0.1, -0.05) is 0 Å². The summed E-state index contributed by atoms with van der Waals surface area (Å²) >= 11 is 0. The number of nitrogen functional groups attached to an aromatic ring is 1. The Labute approximate surface area is 117 Å². The highest BCUT2D eigenvalue weighted by Gasteiger charge is 2.33. The van der Waals surface area contributed by atoms with Gasteiger partial charge < -0.3 is 15.5 Å². The standard InChI is InChI=1S/C13H17N3O3S/c1-19-10-4-5-16(8-10)20(17,18)13-7-15-12-6-9(14)2-3-11(12)13/h2-3,6-7,10,15H,4-5,8,14H2,1H3. The molecule has 6 nitrogen and oxygen atoms in total. The molecule has 0 bridgehead atoms. The molecule has 1 atom stereocenters. The van der Waals surface area contributed by atoms with E-state index in [9.17, 15) is 8.42 Å². The molecule has 20 heavy (non-hydrogen) atoms. The number of sulfonamides is 1. The van der Waals surface area contributed by atoms with Crippen LogP contribution >= 0.6 is 0 Å². The summed E-state index contributed by atoms with van der Waals surface area (Å²) in [4.78, 5) is 3.26. The maximum atomic E-state index is 12.7. The predicted octanol–water partition coefficient (Wildman–Crippen LogP) is 1.16. The van der Waals surface area contributed by atoms with Gasteiger partial charge in [-0.15, -0.1) is 0 Å². The first-order valence-corrected chi connectivity index (χ1v) is 7.86. The van der Waals surface area contributed by atoms with Gasteiger partial charge in [-0.2, -0.15) is 4.31 Å². The lowest BCUT2D eigenvalue weighted by molar-refractivity contribution is 0.115. The second-order valence-electron chi connectivity index (χ2n) is 4.97. The van der Waals surface area contributed by atoms with Crippen LogP contribution in [0.25, 0.3) is 10.9 Å². The number of hydrogen-bond acceptors (Lipinski definition) is 4. The number of anilines is 1. The van der Waals surface area contributed by atoms with Crippen LogP contribution in [0.5, 0.6) is 0 Å². The van der Waals surface area contributed by atoms with Gasteiger partial charge in [-0.25, -0.2) is 8.42 Å². The number of nitrogens with one attached hydrogen (secondary N) is 1. The molecule has 108 valence electrons. The van der Waals surface area contributed by atoms with Crippen molar-refractivity contribution < 1.29 is 13.2 Å². The van der Waals surface area contributed by atoms with E-state index in [1.54, 1.807) is 25.3 Å². The van der Waals surface area contributed by atoms with Crippen LogP contribution in [-0.4, -0.2) is 44.0 Å². The number of ether oxygens (including phenoxy) is 1. The van der Waals surface area contributed by atoms with Crippen molar-refractivity contribution in [3.63, 3.8) is 0 Å². The summed E-state index contributed by atoms with van der Waals surface area (Å²) in [7, 11) is -1.89. The Morgan fingerprint density at radius 1 is 1.45 bits per heavy atom. The van der Waals surface area contributed by atoms with Crippen LogP contribution in [0.1, 0.15) is 6.42 Å². The molecule has 1 aliphatic heterocycles. The number of aromatic nitrogens is 1. The largest absolute Gasteiger partial charge is 0.399 e. The van der Waals surface area contributed by atoms with E-state index in [-0.39, 0.29) is 6.10 Å². The first kappa shape index (κ1) is 13.4. The van der Waals surface area contributed by atoms with E-state index < -0.39 is 10.0 Å². The van der Waals surface area contributed by atoms with E-state index in [1.807, 2.05) is 0 Å². The van der Waals surface area contributed by atoms with Crippen molar-refractivity contribution in [1.29, 1.82) is 0 Å². The van der Waals surface area contributed by atoms with E-state index in [4.69, 9.17) is 10.5 Å². The van der Waals surface area contributed by atoms with Gasteiger partial charge in [0.05, 0.1) is 6.10 Å². The monoisotopic (exact) mass is 295 g/mol. The van der Waals surface area contributed by atoms with E-state index in [0.29, 0.717) is 29.1 Å². The minimum Gasteiger partial charge on any atom is -0.399 e. The number of nitrogens with zero attached hydrogens (tertiary/aromatic N) is 1. The van der Waals surface area contributed by atoms with Crippen LogP contribution in [0.15, 0.2) is 29.3 Å². The molecular formula is C13H17N3O3S. The van der Waals surface area contributed by atoms with Gasteiger partial charge in [0.15, 0.2) is 0 Å². The molecule has 3 N–H and O–H groups in total. The van der Waals surface area contributed by atoms with Crippen LogP contribution in [0, 0.1) is 0 Å². The quantitative estimate of drug-likeness (QED) is 0.832. The van der Waals surface area contributed by atoms with Gasteiger partial charge in [0, 0.05) is 43.0 Å². The Morgan fingerprint density at radius 2 is 2.25 bits per heavy atom. The first-order valence-electron chi connectivity index (χ1n) is 6.42. The van der Waals surface area contributed by atoms with Crippen molar-refractivity contribution in [3.8, 4) is 0 Å². The molecule has 2 heterocycles. The average molecular weight is 295 g/mol. The average Bonchev–Trinajstić information content (AvgIpc) is 3.04. The van der Waals surface area contributed by atoms with Crippen LogP contribution in [0.3, 0.4) is 0 Å². The third-order valence-corrected chi connectivity index (χ3v) is 5.63. The van der Waals surface area contributed by atoms with Gasteiger partial charge in [0.1, 0.15) is 4.90 Å². The fraction of sp³-hybridized carbons (Fsp3) is 0.385. The Kier molecular flexibility index (Phi) is 3.19. The highest BCUT2D eigenvalue weighted by atomic mass is 32.2. The molecule has 0 aliphatic carbocycles. The molecule has 0 saturated carbocycles. The molecule has 1 saturated heterocycles. The minimum atomic E-state index is -3.50. The van der Waals surface area contributed by atoms with E-state index in [2.05, 4.69) is 4.98 Å². The molecule has 3 rings (SSSR count). The number of rotatable bonds is 3. The first-order chi connectivity index (χ1) is 9.52. The smallest absolute Gasteiger partial charge is 0.245 e. The highest BCUT2D eigenvalue weighted by Crippen LogP contribution is 2.29. The molecule has 0 spiro atoms. The SMILES string of the molecule is COC1CCN(S(=O)(=O)c2c[nH]c3cc(N)ccc23)C1. The molecule has 1 aromatic carbocycles. The maximum Gasteiger partial charge on any atom is 0.245 e. The molecule has 0 amide bonds. The zero-order valence-corrected chi connectivity index (χ0v) is 12.0. The molecular weight excluding hydrogens is 278 g/mol. The van der Waals surface area contributed by atoms with E-state index in [0.717, 1.165) is 11.9 Å². The second kappa shape index (κ2) is 4.76. The predicted molar refractivity (Wildman–Crippen MR) is 76.9 cm³/mol. The Hall–Kier alpha value is -1.57. The van der Waals surface area contributed by atoms with Gasteiger partial charge in [0.25, 0.3) is 0 Å². The zero-order valence-electron chi connectivity index (χ0n) is 11.2. The van der Waals surface area contributed by atoms with Crippen LogP contribution in [0.2, 0.25) is 0 Å². The van der Waals surface area contributed by atoms with E-state index in [1.165, 1.54) is 10.5 Å². The van der Waals surface area contributed by atoms with Crippen molar-refractivity contribution in [2.45, 2.75) is 17.4 Å².